The molecule has 4 nitrogen and oxygen atoms in total. The smallest absolute Gasteiger partial charge is 0.338 e. The van der Waals surface area contributed by atoms with Crippen molar-refractivity contribution in [3.63, 3.8) is 0 Å². The van der Waals surface area contributed by atoms with Gasteiger partial charge in [0.1, 0.15) is 0 Å². The summed E-state index contributed by atoms with van der Waals surface area (Å²) in [5.74, 6) is -0.500. The second-order valence-electron chi connectivity index (χ2n) is 4.84. The van der Waals surface area contributed by atoms with Crippen LogP contribution in [0, 0.1) is 0 Å². The Morgan fingerprint density at radius 1 is 0.818 bits per heavy atom. The Labute approximate surface area is 129 Å². The molecule has 0 heterocycles. The van der Waals surface area contributed by atoms with Crippen LogP contribution in [-0.2, 0) is 4.74 Å². The van der Waals surface area contributed by atoms with Crippen molar-refractivity contribution in [2.45, 2.75) is 12.8 Å². The lowest BCUT2D eigenvalue weighted by Gasteiger charge is -2.05. The lowest BCUT2D eigenvalue weighted by atomic mass is 10.0. The van der Waals surface area contributed by atoms with E-state index in [1.165, 1.54) is 0 Å². The molecular formula is C18H18O4. The maximum Gasteiger partial charge on any atom is 0.338 e. The van der Waals surface area contributed by atoms with Crippen LogP contribution >= 0.6 is 0 Å². The molecule has 0 spiro atoms. The van der Waals surface area contributed by atoms with E-state index >= 15 is 0 Å². The van der Waals surface area contributed by atoms with Gasteiger partial charge in [0.05, 0.1) is 12.2 Å². The minimum Gasteiger partial charge on any atom is -0.462 e. The average molecular weight is 298 g/mol. The second-order valence-corrected chi connectivity index (χ2v) is 4.84. The largest absolute Gasteiger partial charge is 0.462 e. The number of carbonyl (C=O) groups excluding carboxylic acids is 2. The molecule has 114 valence electrons. The average Bonchev–Trinajstić information content (AvgIpc) is 2.59. The van der Waals surface area contributed by atoms with Gasteiger partial charge < -0.3 is 9.84 Å². The van der Waals surface area contributed by atoms with Crippen LogP contribution in [0.3, 0.4) is 0 Å². The molecule has 1 N–H and O–H groups in total. The normalized spacial score (nSPS) is 10.2. The molecule has 4 heteroatoms. The monoisotopic (exact) mass is 298 g/mol. The van der Waals surface area contributed by atoms with Gasteiger partial charge in [-0.3, -0.25) is 4.79 Å². The maximum atomic E-state index is 12.2. The van der Waals surface area contributed by atoms with E-state index in [1.54, 1.807) is 36.4 Å². The molecule has 2 aromatic rings. The Hall–Kier alpha value is -2.46. The highest BCUT2D eigenvalue weighted by Crippen LogP contribution is 2.12. The van der Waals surface area contributed by atoms with Gasteiger partial charge in [0.2, 0.25) is 0 Å². The lowest BCUT2D eigenvalue weighted by Crippen LogP contribution is -2.08. The standard InChI is InChI=1S/C18H18O4/c19-12-4-5-13-22-18(21)16-10-8-15(9-11-16)17(20)14-6-2-1-3-7-14/h1-3,6-11,19H,4-5,12-13H2. The molecule has 0 bridgehead atoms. The zero-order chi connectivity index (χ0) is 15.8. The van der Waals surface area contributed by atoms with Gasteiger partial charge in [-0.05, 0) is 25.0 Å². The van der Waals surface area contributed by atoms with Crippen LogP contribution in [0.2, 0.25) is 0 Å². The summed E-state index contributed by atoms with van der Waals surface area (Å²) in [4.78, 5) is 24.0. The second kappa shape index (κ2) is 8.10. The molecule has 2 rings (SSSR count). The Morgan fingerprint density at radius 2 is 1.41 bits per heavy atom. The van der Waals surface area contributed by atoms with Crippen molar-refractivity contribution in [3.8, 4) is 0 Å². The highest BCUT2D eigenvalue weighted by Gasteiger charge is 2.11. The fourth-order valence-electron chi connectivity index (χ4n) is 1.98. The van der Waals surface area contributed by atoms with E-state index in [1.807, 2.05) is 18.2 Å². The van der Waals surface area contributed by atoms with E-state index < -0.39 is 5.97 Å². The number of unbranched alkanes of at least 4 members (excludes halogenated alkanes) is 1. The van der Waals surface area contributed by atoms with Crippen molar-refractivity contribution >= 4 is 11.8 Å². The molecule has 0 aliphatic rings. The first-order valence-corrected chi connectivity index (χ1v) is 7.20. The van der Waals surface area contributed by atoms with E-state index in [2.05, 4.69) is 0 Å². The molecule has 0 saturated heterocycles. The predicted molar refractivity (Wildman–Crippen MR) is 82.9 cm³/mol. The first kappa shape index (κ1) is 15.9. The zero-order valence-corrected chi connectivity index (χ0v) is 12.2. The van der Waals surface area contributed by atoms with E-state index in [0.717, 1.165) is 0 Å². The van der Waals surface area contributed by atoms with Crippen LogP contribution in [0.5, 0.6) is 0 Å². The minimum absolute atomic E-state index is 0.0801. The first-order valence-electron chi connectivity index (χ1n) is 7.20. The lowest BCUT2D eigenvalue weighted by molar-refractivity contribution is 0.0492. The van der Waals surface area contributed by atoms with Crippen LogP contribution in [0.4, 0.5) is 0 Å². The third-order valence-corrected chi connectivity index (χ3v) is 3.20. The number of ketones is 1. The molecule has 0 unspecified atom stereocenters. The molecule has 0 saturated carbocycles. The zero-order valence-electron chi connectivity index (χ0n) is 12.2. The number of hydrogen-bond donors (Lipinski definition) is 1. The summed E-state index contributed by atoms with van der Waals surface area (Å²) in [6, 6.07) is 15.4. The van der Waals surface area contributed by atoms with E-state index in [9.17, 15) is 9.59 Å². The van der Waals surface area contributed by atoms with Crippen molar-refractivity contribution in [1.29, 1.82) is 0 Å². The fraction of sp³-hybridized carbons (Fsp3) is 0.222. The fourth-order valence-corrected chi connectivity index (χ4v) is 1.98. The van der Waals surface area contributed by atoms with Crippen LogP contribution in [-0.4, -0.2) is 30.1 Å². The number of esters is 1. The third-order valence-electron chi connectivity index (χ3n) is 3.20. The summed E-state index contributed by atoms with van der Waals surface area (Å²) in [6.07, 6.45) is 1.24. The summed E-state index contributed by atoms with van der Waals surface area (Å²) in [6.45, 7) is 0.373. The number of benzene rings is 2. The van der Waals surface area contributed by atoms with Crippen LogP contribution in [0.15, 0.2) is 54.6 Å². The van der Waals surface area contributed by atoms with Crippen LogP contribution < -0.4 is 0 Å². The van der Waals surface area contributed by atoms with E-state index in [-0.39, 0.29) is 19.0 Å². The highest BCUT2D eigenvalue weighted by molar-refractivity contribution is 6.09. The van der Waals surface area contributed by atoms with E-state index in [0.29, 0.717) is 29.5 Å². The van der Waals surface area contributed by atoms with Gasteiger partial charge in [-0.2, -0.15) is 0 Å². The summed E-state index contributed by atoms with van der Waals surface area (Å²) < 4.78 is 5.08. The number of hydrogen-bond acceptors (Lipinski definition) is 4. The minimum atomic E-state index is -0.420. The van der Waals surface area contributed by atoms with Crippen molar-refractivity contribution in [2.75, 3.05) is 13.2 Å². The Kier molecular flexibility index (Phi) is 5.86. The van der Waals surface area contributed by atoms with Crippen LogP contribution in [0.25, 0.3) is 0 Å². The SMILES string of the molecule is O=C(OCCCCO)c1ccc(C(=O)c2ccccc2)cc1. The number of aliphatic hydroxyl groups is 1. The Balaban J connectivity index is 1.98. The molecule has 0 aliphatic carbocycles. The quantitative estimate of drug-likeness (QED) is 0.485. The summed E-state index contributed by atoms with van der Waals surface area (Å²) in [7, 11) is 0. The van der Waals surface area contributed by atoms with Gasteiger partial charge in [0, 0.05) is 17.7 Å². The first-order chi connectivity index (χ1) is 10.7. The molecular weight excluding hydrogens is 280 g/mol. The molecule has 2 aromatic carbocycles. The summed E-state index contributed by atoms with van der Waals surface area (Å²) in [5.41, 5.74) is 1.55. The molecule has 0 aromatic heterocycles. The van der Waals surface area contributed by atoms with Gasteiger partial charge in [-0.1, -0.05) is 42.5 Å². The van der Waals surface area contributed by atoms with Crippen molar-refractivity contribution < 1.29 is 19.4 Å². The molecule has 22 heavy (non-hydrogen) atoms. The predicted octanol–water partition coefficient (Wildman–Crippen LogP) is 2.85. The van der Waals surface area contributed by atoms with Crippen molar-refractivity contribution in [3.05, 3.63) is 71.3 Å². The van der Waals surface area contributed by atoms with Crippen molar-refractivity contribution in [1.82, 2.24) is 0 Å². The van der Waals surface area contributed by atoms with Gasteiger partial charge in [0.25, 0.3) is 0 Å². The number of rotatable bonds is 7. The van der Waals surface area contributed by atoms with Gasteiger partial charge in [-0.15, -0.1) is 0 Å². The summed E-state index contributed by atoms with van der Waals surface area (Å²) >= 11 is 0. The summed E-state index contributed by atoms with van der Waals surface area (Å²) in [5, 5.41) is 8.65. The number of ether oxygens (including phenoxy) is 1. The Bertz CT molecular complexity index is 617. The Morgan fingerprint density at radius 3 is 2.05 bits per heavy atom. The highest BCUT2D eigenvalue weighted by atomic mass is 16.5. The van der Waals surface area contributed by atoms with Crippen molar-refractivity contribution in [2.24, 2.45) is 0 Å². The number of carbonyl (C=O) groups is 2. The van der Waals surface area contributed by atoms with Gasteiger partial charge in [-0.25, -0.2) is 4.79 Å². The topological polar surface area (TPSA) is 63.6 Å². The van der Waals surface area contributed by atoms with Crippen LogP contribution in [0.1, 0.15) is 39.1 Å². The maximum absolute atomic E-state index is 12.2. The third kappa shape index (κ3) is 4.27. The van der Waals surface area contributed by atoms with Gasteiger partial charge in [0.15, 0.2) is 5.78 Å². The van der Waals surface area contributed by atoms with Gasteiger partial charge >= 0.3 is 5.97 Å². The molecule has 0 aliphatic heterocycles. The molecule has 0 fully saturated rings. The van der Waals surface area contributed by atoms with E-state index in [4.69, 9.17) is 9.84 Å². The molecule has 0 amide bonds. The molecule has 0 radical (unpaired) electrons. The number of aliphatic hydroxyl groups excluding tert-OH is 1. The molecule has 0 atom stereocenters.